The van der Waals surface area contributed by atoms with Gasteiger partial charge in [-0.15, -0.1) is 0 Å². The Balaban J connectivity index is 1.23. The number of hydrogen-bond donors (Lipinski definition) is 2. The van der Waals surface area contributed by atoms with E-state index in [2.05, 4.69) is 53.8 Å². The Hall–Kier alpha value is -3.69. The van der Waals surface area contributed by atoms with Crippen LogP contribution in [0.3, 0.4) is 0 Å². The summed E-state index contributed by atoms with van der Waals surface area (Å²) < 4.78 is 17.6. The first-order chi connectivity index (χ1) is 26.4. The van der Waals surface area contributed by atoms with Crippen LogP contribution in [-0.2, 0) is 40.0 Å². The van der Waals surface area contributed by atoms with Crippen molar-refractivity contribution in [3.8, 4) is 0 Å². The molecule has 0 saturated heterocycles. The number of allylic oxidation sites excluding steroid dienone is 2. The number of carbonyl (C=O) groups excluding carboxylic acids is 5. The largest absolute Gasteiger partial charge is 0.460 e. The minimum absolute atomic E-state index is 0.00204. The van der Waals surface area contributed by atoms with E-state index in [0.29, 0.717) is 19.3 Å². The number of ketones is 1. The number of hydrogen-bond acceptors (Lipinski definition) is 8. The van der Waals surface area contributed by atoms with E-state index in [1.807, 2.05) is 36.4 Å². The summed E-state index contributed by atoms with van der Waals surface area (Å²) in [4.78, 5) is 67.0. The molecule has 314 valence electrons. The molecule has 0 aromatic heterocycles. The Morgan fingerprint density at radius 3 is 2.21 bits per heavy atom. The van der Waals surface area contributed by atoms with E-state index in [1.54, 1.807) is 20.8 Å². The number of nitrogens with one attached hydrogen (secondary N) is 1. The summed E-state index contributed by atoms with van der Waals surface area (Å²) in [5.74, 6) is -1.17. The quantitative estimate of drug-likeness (QED) is 0.186. The van der Waals surface area contributed by atoms with Crippen molar-refractivity contribution in [2.75, 3.05) is 0 Å². The van der Waals surface area contributed by atoms with Gasteiger partial charge in [-0.25, -0.2) is 9.59 Å². The molecule has 6 rings (SSSR count). The number of primary amides is 1. The number of rotatable bonds is 9. The fourth-order valence-corrected chi connectivity index (χ4v) is 12.7. The number of nitrogens with two attached hydrogens (primary N) is 1. The molecule has 0 heterocycles. The molecule has 4 fully saturated rings. The molecule has 2 amide bonds. The van der Waals surface area contributed by atoms with Crippen LogP contribution in [0.1, 0.15) is 145 Å². The van der Waals surface area contributed by atoms with Crippen LogP contribution < -0.4 is 11.1 Å². The Labute approximate surface area is 340 Å². The van der Waals surface area contributed by atoms with Gasteiger partial charge in [0, 0.05) is 17.8 Å². The SMILES string of the molecule is CC(C)(C)OC(=O)N[C@@H](CCC(N)=O)C(=O)O[C@H]1CC[C@]2(C)[C@H]3C(=O)C=C4[C@@H]5C[C@@](C)(C(=O)OCc6ccccc6)CC[C@]5(C)CC[C@@]4(C)[C@]3(C)CC[C@H]2C1(C)C. The van der Waals surface area contributed by atoms with Crippen LogP contribution in [0.5, 0.6) is 0 Å². The second-order valence-electron chi connectivity index (χ2n) is 21.3. The number of carbonyl (C=O) groups is 5. The Morgan fingerprint density at radius 2 is 1.56 bits per heavy atom. The van der Waals surface area contributed by atoms with Gasteiger partial charge in [-0.05, 0) is 137 Å². The Bertz CT molecular complexity index is 1800. The van der Waals surface area contributed by atoms with Crippen LogP contribution in [0.15, 0.2) is 42.0 Å². The molecule has 5 aliphatic carbocycles. The third kappa shape index (κ3) is 7.68. The summed E-state index contributed by atoms with van der Waals surface area (Å²) in [6.45, 7) is 21.3. The summed E-state index contributed by atoms with van der Waals surface area (Å²) in [6, 6.07) is 8.71. The average Bonchev–Trinajstić information content (AvgIpc) is 3.11. The van der Waals surface area contributed by atoms with Gasteiger partial charge < -0.3 is 25.3 Å². The van der Waals surface area contributed by atoms with Gasteiger partial charge in [0.15, 0.2) is 5.78 Å². The third-order valence-electron chi connectivity index (χ3n) is 16.1. The monoisotopic (exact) mass is 788 g/mol. The predicted octanol–water partition coefficient (Wildman–Crippen LogP) is 8.78. The van der Waals surface area contributed by atoms with Crippen molar-refractivity contribution < 1.29 is 38.2 Å². The normalized spacial score (nSPS) is 37.4. The maximum absolute atomic E-state index is 15.0. The molecular formula is C47H68N2O8. The molecule has 1 aromatic rings. The van der Waals surface area contributed by atoms with Gasteiger partial charge in [0.2, 0.25) is 5.91 Å². The molecule has 1 aromatic carbocycles. The number of fused-ring (bicyclic) bond motifs is 7. The van der Waals surface area contributed by atoms with Gasteiger partial charge in [-0.1, -0.05) is 77.4 Å². The summed E-state index contributed by atoms with van der Waals surface area (Å²) in [5, 5.41) is 2.61. The number of amides is 2. The lowest BCUT2D eigenvalue weighted by Crippen LogP contribution is -2.67. The Kier molecular flexibility index (Phi) is 11.2. The van der Waals surface area contributed by atoms with Crippen molar-refractivity contribution >= 4 is 29.7 Å². The van der Waals surface area contributed by atoms with Crippen molar-refractivity contribution in [2.24, 2.45) is 56.0 Å². The van der Waals surface area contributed by atoms with E-state index in [-0.39, 0.29) is 70.6 Å². The maximum Gasteiger partial charge on any atom is 0.408 e. The number of ether oxygens (including phenoxy) is 3. The predicted molar refractivity (Wildman–Crippen MR) is 217 cm³/mol. The van der Waals surface area contributed by atoms with Crippen LogP contribution in [0.2, 0.25) is 0 Å². The molecule has 10 nitrogen and oxygen atoms in total. The maximum atomic E-state index is 15.0. The first-order valence-corrected chi connectivity index (χ1v) is 21.3. The highest BCUT2D eigenvalue weighted by Crippen LogP contribution is 2.75. The minimum atomic E-state index is -1.10. The molecule has 0 spiro atoms. The first kappa shape index (κ1) is 42.9. The molecule has 0 aliphatic heterocycles. The van der Waals surface area contributed by atoms with Crippen molar-refractivity contribution in [1.29, 1.82) is 0 Å². The molecule has 4 saturated carbocycles. The molecule has 0 radical (unpaired) electrons. The van der Waals surface area contributed by atoms with E-state index < -0.39 is 46.5 Å². The van der Waals surface area contributed by atoms with Crippen LogP contribution in [0.4, 0.5) is 4.79 Å². The van der Waals surface area contributed by atoms with E-state index >= 15 is 0 Å². The van der Waals surface area contributed by atoms with Crippen molar-refractivity contribution in [3.05, 3.63) is 47.5 Å². The molecule has 10 atom stereocenters. The average molecular weight is 789 g/mol. The van der Waals surface area contributed by atoms with Crippen LogP contribution in [-0.4, -0.2) is 47.5 Å². The molecule has 5 aliphatic rings. The fraction of sp³-hybridized carbons (Fsp3) is 0.723. The van der Waals surface area contributed by atoms with Gasteiger partial charge in [-0.3, -0.25) is 14.4 Å². The lowest BCUT2D eigenvalue weighted by Gasteiger charge is -2.70. The van der Waals surface area contributed by atoms with Gasteiger partial charge in [0.1, 0.15) is 24.4 Å². The second kappa shape index (κ2) is 14.8. The molecule has 3 N–H and O–H groups in total. The fourth-order valence-electron chi connectivity index (χ4n) is 12.7. The van der Waals surface area contributed by atoms with E-state index in [0.717, 1.165) is 44.1 Å². The van der Waals surface area contributed by atoms with Crippen LogP contribution in [0.25, 0.3) is 0 Å². The van der Waals surface area contributed by atoms with Crippen LogP contribution >= 0.6 is 0 Å². The van der Waals surface area contributed by atoms with Crippen LogP contribution in [0, 0.1) is 50.2 Å². The smallest absolute Gasteiger partial charge is 0.408 e. The third-order valence-corrected chi connectivity index (χ3v) is 16.1. The van der Waals surface area contributed by atoms with Crippen molar-refractivity contribution in [3.63, 3.8) is 0 Å². The summed E-state index contributed by atoms with van der Waals surface area (Å²) in [6.07, 6.45) is 8.14. The molecule has 57 heavy (non-hydrogen) atoms. The van der Waals surface area contributed by atoms with E-state index in [1.165, 1.54) is 5.57 Å². The van der Waals surface area contributed by atoms with Crippen molar-refractivity contribution in [1.82, 2.24) is 5.32 Å². The summed E-state index contributed by atoms with van der Waals surface area (Å²) >= 11 is 0. The van der Waals surface area contributed by atoms with E-state index in [9.17, 15) is 24.0 Å². The summed E-state index contributed by atoms with van der Waals surface area (Å²) in [7, 11) is 0. The minimum Gasteiger partial charge on any atom is -0.460 e. The molecular weight excluding hydrogens is 721 g/mol. The zero-order valence-corrected chi connectivity index (χ0v) is 36.2. The lowest BCUT2D eigenvalue weighted by atomic mass is 9.33. The van der Waals surface area contributed by atoms with Gasteiger partial charge in [-0.2, -0.15) is 0 Å². The zero-order valence-electron chi connectivity index (χ0n) is 36.2. The van der Waals surface area contributed by atoms with Crippen molar-refractivity contribution in [2.45, 2.75) is 164 Å². The molecule has 0 bridgehead atoms. The van der Waals surface area contributed by atoms with Gasteiger partial charge in [0.05, 0.1) is 5.41 Å². The number of alkyl carbamates (subject to hydrolysis) is 1. The van der Waals surface area contributed by atoms with E-state index in [4.69, 9.17) is 19.9 Å². The summed E-state index contributed by atoms with van der Waals surface area (Å²) in [5.41, 5.74) is 4.90. The number of benzene rings is 1. The Morgan fingerprint density at radius 1 is 0.895 bits per heavy atom. The van der Waals surface area contributed by atoms with Gasteiger partial charge >= 0.3 is 18.0 Å². The highest BCUT2D eigenvalue weighted by molar-refractivity contribution is 5.96. The number of esters is 2. The highest BCUT2D eigenvalue weighted by Gasteiger charge is 2.70. The first-order valence-electron chi connectivity index (χ1n) is 21.3. The van der Waals surface area contributed by atoms with Gasteiger partial charge in [0.25, 0.3) is 0 Å². The lowest BCUT2D eigenvalue weighted by molar-refractivity contribution is -0.212. The highest BCUT2D eigenvalue weighted by atomic mass is 16.6. The molecule has 10 heteroatoms. The standard InChI is InChI=1S/C47H68N2O8/c1-41(2,3)57-40(54)49-32(16-17-36(48)51)38(52)56-35-19-20-45(8)34(42(35,4)5)18-21-47(10)37(45)33(50)26-30-31-27-44(7,23-22-43(31,6)24-25-46(30,47)9)39(53)55-28-29-14-12-11-13-15-29/h11-15,26,31-32,34-35,37H,16-25,27-28H2,1-10H3,(H2,48,51)(H,49,54)/t31-,32-,34-,35-,37+,43+,44-,45-,46+,47+/m0/s1. The molecule has 0 unspecified atom stereocenters. The zero-order chi connectivity index (χ0) is 42.0. The second-order valence-corrected chi connectivity index (χ2v) is 21.3. The topological polar surface area (TPSA) is 151 Å².